The Hall–Kier alpha value is -2.36. The summed E-state index contributed by atoms with van der Waals surface area (Å²) >= 11 is 0. The molecule has 3 rings (SSSR count). The number of nitrogens with two attached hydrogens (primary N) is 1. The number of hydrogen-bond acceptors (Lipinski definition) is 7. The van der Waals surface area contributed by atoms with E-state index in [1.54, 1.807) is 6.07 Å². The molecule has 0 aliphatic heterocycles. The number of fused-ring (bicyclic) bond motifs is 1. The SMILES string of the molecule is CC(C)(C)c1cc[n+](-c2cnc3nc(N)ccc3c2)cc1.[O-][Cl+3]([O-])([O-])[O-]. The summed E-state index contributed by atoms with van der Waals surface area (Å²) in [6, 6.07) is 10.1. The van der Waals surface area contributed by atoms with Crippen molar-refractivity contribution < 1.29 is 33.4 Å². The molecule has 26 heavy (non-hydrogen) atoms. The zero-order valence-corrected chi connectivity index (χ0v) is 15.3. The summed E-state index contributed by atoms with van der Waals surface area (Å²) in [6.45, 7) is 6.63. The lowest BCUT2D eigenvalue weighted by Crippen LogP contribution is -2.68. The Kier molecular flexibility index (Phi) is 5.74. The standard InChI is InChI=1S/C17H19N4.ClHO4/c1-17(2,3)13-6-8-21(9-7-13)14-10-12-4-5-15(18)20-16(12)19-11-14;2-1(3,4)5/h4-11H,1-3H3,(H2,18,19,20);(H,2,3,4,5)/q+1;/p-1. The number of anilines is 1. The molecule has 3 aromatic rings. The zero-order valence-electron chi connectivity index (χ0n) is 14.5. The first-order chi connectivity index (χ1) is 11.9. The van der Waals surface area contributed by atoms with Gasteiger partial charge in [-0.1, -0.05) is 20.8 Å². The van der Waals surface area contributed by atoms with E-state index in [4.69, 9.17) is 24.4 Å². The van der Waals surface area contributed by atoms with Crippen molar-refractivity contribution in [3.8, 4) is 5.69 Å². The van der Waals surface area contributed by atoms with Gasteiger partial charge in [-0.25, -0.2) is 28.6 Å². The second kappa shape index (κ2) is 7.48. The predicted molar refractivity (Wildman–Crippen MR) is 84.2 cm³/mol. The van der Waals surface area contributed by atoms with Crippen molar-refractivity contribution in [2.75, 3.05) is 5.73 Å². The van der Waals surface area contributed by atoms with E-state index >= 15 is 0 Å². The van der Waals surface area contributed by atoms with Crippen LogP contribution in [0.25, 0.3) is 16.7 Å². The van der Waals surface area contributed by atoms with Crippen LogP contribution in [0.2, 0.25) is 0 Å². The number of hydrogen-bond donors (Lipinski definition) is 1. The minimum Gasteiger partial charge on any atom is -0.384 e. The Morgan fingerprint density at radius 2 is 1.58 bits per heavy atom. The smallest absolute Gasteiger partial charge is 0.229 e. The summed E-state index contributed by atoms with van der Waals surface area (Å²) in [5.41, 5.74) is 8.82. The summed E-state index contributed by atoms with van der Waals surface area (Å²) in [4.78, 5) is 8.59. The molecule has 2 N–H and O–H groups in total. The van der Waals surface area contributed by atoms with Gasteiger partial charge < -0.3 is 5.73 Å². The van der Waals surface area contributed by atoms with Crippen LogP contribution < -0.4 is 28.9 Å². The fraction of sp³-hybridized carbons (Fsp3) is 0.235. The van der Waals surface area contributed by atoms with Crippen LogP contribution >= 0.6 is 0 Å². The topological polar surface area (TPSA) is 148 Å². The summed E-state index contributed by atoms with van der Waals surface area (Å²) in [7, 11) is -4.94. The molecule has 0 atom stereocenters. The molecule has 0 aliphatic rings. The second-order valence-electron chi connectivity index (χ2n) is 6.60. The third-order valence-corrected chi connectivity index (χ3v) is 3.54. The van der Waals surface area contributed by atoms with Gasteiger partial charge in [0.05, 0.1) is 0 Å². The Bertz CT molecular complexity index is 884. The maximum Gasteiger partial charge on any atom is 0.229 e. The van der Waals surface area contributed by atoms with Crippen LogP contribution in [0, 0.1) is 10.2 Å². The monoisotopic (exact) mass is 378 g/mol. The highest BCUT2D eigenvalue weighted by molar-refractivity contribution is 5.77. The number of aromatic nitrogens is 3. The van der Waals surface area contributed by atoms with E-state index in [-0.39, 0.29) is 5.41 Å². The molecule has 0 radical (unpaired) electrons. The molecule has 0 saturated heterocycles. The van der Waals surface area contributed by atoms with Crippen molar-refractivity contribution in [1.29, 1.82) is 0 Å². The fourth-order valence-electron chi connectivity index (χ4n) is 2.25. The highest BCUT2D eigenvalue weighted by Gasteiger charge is 2.16. The van der Waals surface area contributed by atoms with Crippen LogP contribution in [0.15, 0.2) is 48.9 Å². The normalized spacial score (nSPS) is 11.8. The molecular formula is C17H19ClN4O4. The van der Waals surface area contributed by atoms with Crippen LogP contribution in [-0.4, -0.2) is 9.97 Å². The van der Waals surface area contributed by atoms with Crippen molar-refractivity contribution in [3.05, 3.63) is 54.5 Å². The van der Waals surface area contributed by atoms with Gasteiger partial charge in [0.15, 0.2) is 18.0 Å². The van der Waals surface area contributed by atoms with E-state index in [0.29, 0.717) is 11.5 Å². The first-order valence-corrected chi connectivity index (χ1v) is 8.83. The lowest BCUT2D eigenvalue weighted by Gasteiger charge is -2.17. The second-order valence-corrected chi connectivity index (χ2v) is 7.35. The molecule has 0 bridgehead atoms. The van der Waals surface area contributed by atoms with Crippen molar-refractivity contribution in [1.82, 2.24) is 9.97 Å². The maximum absolute atomic E-state index is 8.49. The minimum atomic E-state index is -4.94. The maximum atomic E-state index is 8.49. The number of halogens is 1. The molecule has 3 heterocycles. The summed E-state index contributed by atoms with van der Waals surface area (Å²) in [6.07, 6.45) is 5.94. The predicted octanol–water partition coefficient (Wildman–Crippen LogP) is -1.97. The van der Waals surface area contributed by atoms with Gasteiger partial charge in [0.2, 0.25) is 5.69 Å². The molecular weight excluding hydrogens is 360 g/mol. The Labute approximate surface area is 152 Å². The number of nitrogens with zero attached hydrogens (tertiary/aromatic N) is 3. The average molecular weight is 379 g/mol. The molecule has 0 unspecified atom stereocenters. The molecule has 138 valence electrons. The van der Waals surface area contributed by atoms with Crippen LogP contribution in [0.1, 0.15) is 26.3 Å². The van der Waals surface area contributed by atoms with Crippen LogP contribution in [0.3, 0.4) is 0 Å². The van der Waals surface area contributed by atoms with Gasteiger partial charge in [0.1, 0.15) is 12.0 Å². The largest absolute Gasteiger partial charge is 0.384 e. The third-order valence-electron chi connectivity index (χ3n) is 3.54. The van der Waals surface area contributed by atoms with E-state index < -0.39 is 10.2 Å². The van der Waals surface area contributed by atoms with E-state index in [9.17, 15) is 0 Å². The minimum absolute atomic E-state index is 0.155. The van der Waals surface area contributed by atoms with Crippen LogP contribution in [0.5, 0.6) is 0 Å². The summed E-state index contributed by atoms with van der Waals surface area (Å²) in [5, 5.41) is 0.981. The van der Waals surface area contributed by atoms with Gasteiger partial charge in [-0.15, -0.1) is 10.2 Å². The number of rotatable bonds is 1. The molecule has 0 aliphatic carbocycles. The van der Waals surface area contributed by atoms with Crippen molar-refractivity contribution in [2.24, 2.45) is 0 Å². The van der Waals surface area contributed by atoms with E-state index in [1.807, 2.05) is 12.3 Å². The lowest BCUT2D eigenvalue weighted by molar-refractivity contribution is -2.00. The van der Waals surface area contributed by atoms with Crippen molar-refractivity contribution in [2.45, 2.75) is 26.2 Å². The molecule has 0 amide bonds. The highest BCUT2D eigenvalue weighted by Crippen LogP contribution is 2.20. The summed E-state index contributed by atoms with van der Waals surface area (Å²) < 4.78 is 36.0. The zero-order chi connectivity index (χ0) is 19.5. The van der Waals surface area contributed by atoms with Gasteiger partial charge >= 0.3 is 0 Å². The molecule has 0 spiro atoms. The third kappa shape index (κ3) is 5.87. The molecule has 0 saturated carbocycles. The molecule has 0 aromatic carbocycles. The Morgan fingerprint density at radius 1 is 1.00 bits per heavy atom. The number of pyridine rings is 3. The Morgan fingerprint density at radius 3 is 2.12 bits per heavy atom. The van der Waals surface area contributed by atoms with Gasteiger partial charge in [-0.2, -0.15) is 4.57 Å². The van der Waals surface area contributed by atoms with Gasteiger partial charge in [-0.05, 0) is 23.1 Å². The first kappa shape index (κ1) is 20.0. The van der Waals surface area contributed by atoms with E-state index in [2.05, 4.69) is 65.9 Å². The van der Waals surface area contributed by atoms with Gasteiger partial charge in [0.25, 0.3) is 0 Å². The average Bonchev–Trinajstić information content (AvgIpc) is 2.52. The lowest BCUT2D eigenvalue weighted by atomic mass is 9.88. The molecule has 8 nitrogen and oxygen atoms in total. The molecule has 9 heteroatoms. The summed E-state index contributed by atoms with van der Waals surface area (Å²) in [5.74, 6) is 0.491. The molecule has 3 aromatic heterocycles. The molecule has 0 fully saturated rings. The van der Waals surface area contributed by atoms with Gasteiger partial charge in [-0.3, -0.25) is 0 Å². The van der Waals surface area contributed by atoms with E-state index in [1.165, 1.54) is 5.56 Å². The highest BCUT2D eigenvalue weighted by atomic mass is 35.7. The number of nitrogen functional groups attached to an aromatic ring is 1. The Balaban J connectivity index is 0.000000431. The van der Waals surface area contributed by atoms with Crippen molar-refractivity contribution in [3.63, 3.8) is 0 Å². The van der Waals surface area contributed by atoms with Crippen LogP contribution in [0.4, 0.5) is 5.82 Å². The first-order valence-electron chi connectivity index (χ1n) is 7.60. The van der Waals surface area contributed by atoms with Crippen molar-refractivity contribution >= 4 is 16.9 Å². The van der Waals surface area contributed by atoms with E-state index in [0.717, 1.165) is 11.1 Å². The van der Waals surface area contributed by atoms with Crippen LogP contribution in [-0.2, 0) is 5.41 Å². The fourth-order valence-corrected chi connectivity index (χ4v) is 2.25. The van der Waals surface area contributed by atoms with Gasteiger partial charge in [0, 0.05) is 23.6 Å². The quantitative estimate of drug-likeness (QED) is 0.483.